The summed E-state index contributed by atoms with van der Waals surface area (Å²) in [7, 11) is 0. The predicted octanol–water partition coefficient (Wildman–Crippen LogP) is 11.5. The van der Waals surface area contributed by atoms with E-state index >= 15 is 0 Å². The fourth-order valence-corrected chi connectivity index (χ4v) is 6.52. The average molecular weight is 638 g/mol. The standard InChI is InChI=1S/C46H43N3/c1-46(2,3)43-25-24-40-28-37(20-21-41(40)30-43)35-17-11-16-34(26-35)36-18-19-39-29-42(23-22-38(39)27-36)45(48-31-32-12-7-5-8-13-32)49-44(47-4)33-14-9-6-10-15-33/h5,7-9,11-30,44H,4,6,10,31H2,1-3H3,(H,48,49). The van der Waals surface area contributed by atoms with Gasteiger partial charge in [-0.2, -0.15) is 0 Å². The van der Waals surface area contributed by atoms with Crippen molar-refractivity contribution >= 4 is 34.1 Å². The largest absolute Gasteiger partial charge is 0.345 e. The molecule has 6 aromatic carbocycles. The summed E-state index contributed by atoms with van der Waals surface area (Å²) in [5.41, 5.74) is 9.64. The van der Waals surface area contributed by atoms with Crippen LogP contribution < -0.4 is 5.32 Å². The number of nitrogens with zero attached hydrogens (tertiary/aromatic N) is 2. The summed E-state index contributed by atoms with van der Waals surface area (Å²) in [4.78, 5) is 9.49. The van der Waals surface area contributed by atoms with E-state index in [2.05, 4.69) is 177 Å². The van der Waals surface area contributed by atoms with E-state index in [-0.39, 0.29) is 11.6 Å². The van der Waals surface area contributed by atoms with E-state index in [0.717, 1.165) is 40.8 Å². The van der Waals surface area contributed by atoms with Gasteiger partial charge in [0.05, 0.1) is 6.54 Å². The molecule has 1 aliphatic carbocycles. The Morgan fingerprint density at radius 3 is 1.96 bits per heavy atom. The highest BCUT2D eigenvalue weighted by Gasteiger charge is 2.16. The summed E-state index contributed by atoms with van der Waals surface area (Å²) in [6.07, 6.45) is 8.38. The van der Waals surface area contributed by atoms with Gasteiger partial charge in [0.2, 0.25) is 0 Å². The van der Waals surface area contributed by atoms with E-state index in [1.54, 1.807) is 0 Å². The maximum Gasteiger partial charge on any atom is 0.144 e. The minimum atomic E-state index is -0.264. The van der Waals surface area contributed by atoms with E-state index in [0.29, 0.717) is 6.54 Å². The van der Waals surface area contributed by atoms with Crippen LogP contribution in [-0.4, -0.2) is 18.7 Å². The Labute approximate surface area is 290 Å². The van der Waals surface area contributed by atoms with Gasteiger partial charge >= 0.3 is 0 Å². The zero-order chi connectivity index (χ0) is 33.8. The SMILES string of the molecule is C=NC(NC(=NCc1ccccc1)c1ccc2cc(-c3cccc(-c4ccc5cc(C(C)(C)C)ccc5c4)c3)ccc2c1)C1=CCCC=C1. The Kier molecular flexibility index (Phi) is 9.09. The lowest BCUT2D eigenvalue weighted by atomic mass is 9.85. The van der Waals surface area contributed by atoms with Gasteiger partial charge in [-0.25, -0.2) is 0 Å². The summed E-state index contributed by atoms with van der Waals surface area (Å²) in [6, 6.07) is 46.2. The van der Waals surface area contributed by atoms with Crippen LogP contribution >= 0.6 is 0 Å². The van der Waals surface area contributed by atoms with Gasteiger partial charge in [-0.15, -0.1) is 0 Å². The van der Waals surface area contributed by atoms with Crippen LogP contribution in [0.2, 0.25) is 0 Å². The van der Waals surface area contributed by atoms with Gasteiger partial charge in [0, 0.05) is 5.56 Å². The number of aliphatic imine (C=N–C) groups is 2. The molecule has 0 spiro atoms. The summed E-state index contributed by atoms with van der Waals surface area (Å²) in [5, 5.41) is 8.50. The average Bonchev–Trinajstić information content (AvgIpc) is 3.14. The lowest BCUT2D eigenvalue weighted by Crippen LogP contribution is -2.35. The van der Waals surface area contributed by atoms with Gasteiger partial charge in [-0.05, 0) is 110 Å². The van der Waals surface area contributed by atoms with Crippen molar-refractivity contribution < 1.29 is 0 Å². The Morgan fingerprint density at radius 2 is 1.31 bits per heavy atom. The van der Waals surface area contributed by atoms with Crippen molar-refractivity contribution in [2.45, 2.75) is 51.7 Å². The quantitative estimate of drug-likeness (QED) is 0.131. The number of benzene rings is 6. The minimum Gasteiger partial charge on any atom is -0.345 e. The molecule has 0 bridgehead atoms. The molecule has 6 aromatic rings. The van der Waals surface area contributed by atoms with E-state index in [4.69, 9.17) is 4.99 Å². The fraction of sp³-hybridized carbons (Fsp3) is 0.174. The van der Waals surface area contributed by atoms with Crippen LogP contribution in [0.25, 0.3) is 43.8 Å². The van der Waals surface area contributed by atoms with Crippen LogP contribution in [0.4, 0.5) is 0 Å². The van der Waals surface area contributed by atoms with E-state index < -0.39 is 0 Å². The van der Waals surface area contributed by atoms with E-state index in [9.17, 15) is 0 Å². The van der Waals surface area contributed by atoms with Crippen LogP contribution in [0, 0.1) is 0 Å². The first-order chi connectivity index (χ1) is 23.8. The normalized spacial score (nSPS) is 14.1. The van der Waals surface area contributed by atoms with Gasteiger partial charge < -0.3 is 5.32 Å². The summed E-state index contributed by atoms with van der Waals surface area (Å²) in [6.45, 7) is 11.3. The lowest BCUT2D eigenvalue weighted by Gasteiger charge is -2.20. The number of nitrogens with one attached hydrogen (secondary N) is 1. The molecule has 0 saturated heterocycles. The lowest BCUT2D eigenvalue weighted by molar-refractivity contribution is 0.591. The molecule has 0 fully saturated rings. The van der Waals surface area contributed by atoms with Gasteiger partial charge in [0.1, 0.15) is 12.0 Å². The number of amidine groups is 1. The van der Waals surface area contributed by atoms with Crippen molar-refractivity contribution in [2.75, 3.05) is 0 Å². The third-order valence-corrected chi connectivity index (χ3v) is 9.41. The van der Waals surface area contributed by atoms with Crippen LogP contribution in [0.5, 0.6) is 0 Å². The number of hydrogen-bond donors (Lipinski definition) is 1. The molecular formula is C46H43N3. The number of fused-ring (bicyclic) bond motifs is 2. The van der Waals surface area contributed by atoms with Crippen LogP contribution in [0.3, 0.4) is 0 Å². The molecule has 0 heterocycles. The second kappa shape index (κ2) is 13.9. The molecule has 49 heavy (non-hydrogen) atoms. The molecule has 7 rings (SSSR count). The molecule has 0 aliphatic heterocycles. The summed E-state index contributed by atoms with van der Waals surface area (Å²) in [5.74, 6) is 0.810. The second-order valence-electron chi connectivity index (χ2n) is 13.9. The van der Waals surface area contributed by atoms with Crippen molar-refractivity contribution in [3.8, 4) is 22.3 Å². The van der Waals surface area contributed by atoms with Crippen LogP contribution in [0.15, 0.2) is 161 Å². The molecule has 3 heteroatoms. The first-order valence-corrected chi connectivity index (χ1v) is 17.2. The second-order valence-corrected chi connectivity index (χ2v) is 13.9. The molecule has 1 unspecified atom stereocenters. The maximum atomic E-state index is 5.06. The van der Waals surface area contributed by atoms with E-state index in [1.165, 1.54) is 44.0 Å². The number of allylic oxidation sites excluding steroid dienone is 2. The molecule has 1 atom stereocenters. The van der Waals surface area contributed by atoms with Gasteiger partial charge in [-0.3, -0.25) is 9.98 Å². The number of hydrogen-bond acceptors (Lipinski definition) is 2. The molecule has 0 aromatic heterocycles. The molecule has 0 saturated carbocycles. The number of rotatable bonds is 8. The Balaban J connectivity index is 1.18. The summed E-state index contributed by atoms with van der Waals surface area (Å²) < 4.78 is 0. The first-order valence-electron chi connectivity index (χ1n) is 17.2. The molecule has 3 nitrogen and oxygen atoms in total. The van der Waals surface area contributed by atoms with Crippen molar-refractivity contribution in [3.63, 3.8) is 0 Å². The van der Waals surface area contributed by atoms with Gasteiger partial charge in [-0.1, -0.05) is 142 Å². The molecular weight excluding hydrogens is 595 g/mol. The van der Waals surface area contributed by atoms with Crippen molar-refractivity contribution in [3.05, 3.63) is 168 Å². The van der Waals surface area contributed by atoms with Gasteiger partial charge in [0.15, 0.2) is 0 Å². The predicted molar refractivity (Wildman–Crippen MR) is 211 cm³/mol. The van der Waals surface area contributed by atoms with Gasteiger partial charge in [0.25, 0.3) is 0 Å². The molecule has 1 N–H and O–H groups in total. The Morgan fingerprint density at radius 1 is 0.673 bits per heavy atom. The molecule has 242 valence electrons. The summed E-state index contributed by atoms with van der Waals surface area (Å²) >= 11 is 0. The Hall–Kier alpha value is -5.54. The van der Waals surface area contributed by atoms with Crippen LogP contribution in [0.1, 0.15) is 50.3 Å². The fourth-order valence-electron chi connectivity index (χ4n) is 6.52. The highest BCUT2D eigenvalue weighted by molar-refractivity contribution is 6.03. The zero-order valence-corrected chi connectivity index (χ0v) is 28.7. The third kappa shape index (κ3) is 7.32. The smallest absolute Gasteiger partial charge is 0.144 e. The molecule has 1 aliphatic rings. The van der Waals surface area contributed by atoms with Crippen molar-refractivity contribution in [1.29, 1.82) is 0 Å². The highest BCUT2D eigenvalue weighted by Crippen LogP contribution is 2.32. The minimum absolute atomic E-state index is 0.133. The van der Waals surface area contributed by atoms with Crippen molar-refractivity contribution in [2.24, 2.45) is 9.98 Å². The highest BCUT2D eigenvalue weighted by atomic mass is 15.1. The van der Waals surface area contributed by atoms with E-state index in [1.807, 2.05) is 6.07 Å². The van der Waals surface area contributed by atoms with Crippen molar-refractivity contribution in [1.82, 2.24) is 5.32 Å². The third-order valence-electron chi connectivity index (χ3n) is 9.41. The van der Waals surface area contributed by atoms with Crippen LogP contribution in [-0.2, 0) is 12.0 Å². The maximum absolute atomic E-state index is 5.06. The topological polar surface area (TPSA) is 36.8 Å². The first kappa shape index (κ1) is 32.0. The monoisotopic (exact) mass is 637 g/mol. The molecule has 0 amide bonds. The Bertz CT molecular complexity index is 2230. The molecule has 0 radical (unpaired) electrons. The zero-order valence-electron chi connectivity index (χ0n) is 28.7.